The number of hydrogen-bond acceptors (Lipinski definition) is 3. The van der Waals surface area contributed by atoms with Gasteiger partial charge in [-0.1, -0.05) is 12.2 Å². The number of likely N-dealkylation sites (tertiary alicyclic amines) is 1. The Morgan fingerprint density at radius 2 is 1.82 bits per heavy atom. The highest BCUT2D eigenvalue weighted by Gasteiger charge is 2.48. The van der Waals surface area contributed by atoms with E-state index < -0.39 is 0 Å². The maximum atomic E-state index is 12.2. The Labute approximate surface area is 101 Å². The summed E-state index contributed by atoms with van der Waals surface area (Å²) in [7, 11) is 0. The van der Waals surface area contributed by atoms with Crippen molar-refractivity contribution in [2.45, 2.75) is 38.6 Å². The molecule has 2 rings (SSSR count). The molecule has 1 fully saturated rings. The highest BCUT2D eigenvalue weighted by molar-refractivity contribution is 6.05. The molecular formula is C13H19NO3. The molecule has 0 aromatic heterocycles. The Morgan fingerprint density at radius 1 is 1.29 bits per heavy atom. The number of aliphatic hydroxyl groups is 1. The van der Waals surface area contributed by atoms with Gasteiger partial charge in [0.1, 0.15) is 0 Å². The third-order valence-corrected chi connectivity index (χ3v) is 3.76. The Balaban J connectivity index is 2.09. The molecule has 0 aromatic carbocycles. The summed E-state index contributed by atoms with van der Waals surface area (Å²) in [6.07, 6.45) is 6.69. The minimum Gasteiger partial charge on any atom is -0.396 e. The van der Waals surface area contributed by atoms with Crippen molar-refractivity contribution in [3.63, 3.8) is 0 Å². The molecule has 1 heterocycles. The number of fused-ring (bicyclic) bond motifs is 1. The van der Waals surface area contributed by atoms with Crippen molar-refractivity contribution < 1.29 is 14.7 Å². The minimum atomic E-state index is -0.135. The monoisotopic (exact) mass is 237 g/mol. The van der Waals surface area contributed by atoms with Crippen LogP contribution < -0.4 is 0 Å². The summed E-state index contributed by atoms with van der Waals surface area (Å²) in [6, 6.07) is -0.0900. The van der Waals surface area contributed by atoms with Crippen molar-refractivity contribution in [1.29, 1.82) is 0 Å². The topological polar surface area (TPSA) is 57.6 Å². The number of carbonyl (C=O) groups excluding carboxylic acids is 2. The molecule has 1 aliphatic heterocycles. The van der Waals surface area contributed by atoms with Gasteiger partial charge in [-0.2, -0.15) is 0 Å². The molecule has 0 saturated carbocycles. The lowest BCUT2D eigenvalue weighted by Gasteiger charge is -2.22. The van der Waals surface area contributed by atoms with E-state index in [9.17, 15) is 9.59 Å². The second-order valence-corrected chi connectivity index (χ2v) is 4.92. The molecule has 4 heteroatoms. The molecule has 0 radical (unpaired) electrons. The number of hydrogen-bond donors (Lipinski definition) is 1. The molecule has 94 valence electrons. The van der Waals surface area contributed by atoms with E-state index in [0.29, 0.717) is 25.7 Å². The molecular weight excluding hydrogens is 218 g/mol. The van der Waals surface area contributed by atoms with Crippen molar-refractivity contribution >= 4 is 11.8 Å². The highest BCUT2D eigenvalue weighted by Crippen LogP contribution is 2.36. The highest BCUT2D eigenvalue weighted by atomic mass is 16.3. The third kappa shape index (κ3) is 2.14. The number of rotatable bonds is 4. The van der Waals surface area contributed by atoms with Crippen LogP contribution in [0.1, 0.15) is 32.6 Å². The van der Waals surface area contributed by atoms with Gasteiger partial charge in [0.2, 0.25) is 11.8 Å². The molecule has 1 N–H and O–H groups in total. The van der Waals surface area contributed by atoms with Crippen molar-refractivity contribution in [2.24, 2.45) is 11.8 Å². The number of carbonyl (C=O) groups is 2. The maximum Gasteiger partial charge on any atom is 0.233 e. The summed E-state index contributed by atoms with van der Waals surface area (Å²) in [5, 5.41) is 8.80. The van der Waals surface area contributed by atoms with Gasteiger partial charge in [-0.3, -0.25) is 14.5 Å². The number of nitrogens with zero attached hydrogens (tertiary/aromatic N) is 1. The van der Waals surface area contributed by atoms with Gasteiger partial charge in [-0.15, -0.1) is 0 Å². The van der Waals surface area contributed by atoms with Crippen LogP contribution in [-0.4, -0.2) is 34.5 Å². The standard InChI is InChI=1S/C13H19NO3/c1-9(5-4-8-15)14-12(16)10-6-2-3-7-11(10)13(14)17/h2-3,9-11,15H,4-8H2,1H3. The fraction of sp³-hybridized carbons (Fsp3) is 0.692. The molecule has 2 amide bonds. The van der Waals surface area contributed by atoms with Gasteiger partial charge < -0.3 is 5.11 Å². The number of imide groups is 1. The first kappa shape index (κ1) is 12.3. The van der Waals surface area contributed by atoms with Gasteiger partial charge in [0.25, 0.3) is 0 Å². The van der Waals surface area contributed by atoms with Crippen LogP contribution >= 0.6 is 0 Å². The van der Waals surface area contributed by atoms with Crippen LogP contribution in [-0.2, 0) is 9.59 Å². The fourth-order valence-corrected chi connectivity index (χ4v) is 2.78. The lowest BCUT2D eigenvalue weighted by Crippen LogP contribution is -2.39. The summed E-state index contributed by atoms with van der Waals surface area (Å²) in [4.78, 5) is 25.8. The quantitative estimate of drug-likeness (QED) is 0.588. The summed E-state index contributed by atoms with van der Waals surface area (Å²) < 4.78 is 0. The van der Waals surface area contributed by atoms with E-state index in [1.807, 2.05) is 19.1 Å². The third-order valence-electron chi connectivity index (χ3n) is 3.76. The zero-order valence-electron chi connectivity index (χ0n) is 10.1. The molecule has 0 bridgehead atoms. The van der Waals surface area contributed by atoms with E-state index in [2.05, 4.69) is 0 Å². The minimum absolute atomic E-state index is 0.0187. The smallest absolute Gasteiger partial charge is 0.233 e. The predicted molar refractivity (Wildman–Crippen MR) is 63.0 cm³/mol. The average molecular weight is 237 g/mol. The van der Waals surface area contributed by atoms with Crippen molar-refractivity contribution in [3.05, 3.63) is 12.2 Å². The van der Waals surface area contributed by atoms with Crippen molar-refractivity contribution in [3.8, 4) is 0 Å². The molecule has 1 aliphatic carbocycles. The van der Waals surface area contributed by atoms with Crippen LogP contribution in [0.4, 0.5) is 0 Å². The van der Waals surface area contributed by atoms with Gasteiger partial charge in [0, 0.05) is 12.6 Å². The Kier molecular flexibility index (Phi) is 3.62. The van der Waals surface area contributed by atoms with Crippen LogP contribution in [0, 0.1) is 11.8 Å². The summed E-state index contributed by atoms with van der Waals surface area (Å²) in [6.45, 7) is 1.99. The van der Waals surface area contributed by atoms with Crippen molar-refractivity contribution in [2.75, 3.05) is 6.61 Å². The van der Waals surface area contributed by atoms with Crippen LogP contribution in [0.5, 0.6) is 0 Å². The maximum absolute atomic E-state index is 12.2. The number of allylic oxidation sites excluding steroid dienone is 2. The molecule has 0 aromatic rings. The van der Waals surface area contributed by atoms with Crippen molar-refractivity contribution in [1.82, 2.24) is 4.90 Å². The average Bonchev–Trinajstić information content (AvgIpc) is 2.60. The first-order chi connectivity index (χ1) is 8.16. The summed E-state index contributed by atoms with van der Waals surface area (Å²) in [5.41, 5.74) is 0. The fourth-order valence-electron chi connectivity index (χ4n) is 2.78. The lowest BCUT2D eigenvalue weighted by atomic mass is 9.85. The van der Waals surface area contributed by atoms with E-state index in [4.69, 9.17) is 5.11 Å². The molecule has 3 unspecified atom stereocenters. The molecule has 17 heavy (non-hydrogen) atoms. The van der Waals surface area contributed by atoms with Gasteiger partial charge in [0.05, 0.1) is 11.8 Å². The number of amides is 2. The number of aliphatic hydroxyl groups excluding tert-OH is 1. The molecule has 1 saturated heterocycles. The van der Waals surface area contributed by atoms with Gasteiger partial charge in [-0.25, -0.2) is 0 Å². The van der Waals surface area contributed by atoms with E-state index in [-0.39, 0.29) is 36.3 Å². The second kappa shape index (κ2) is 5.00. The van der Waals surface area contributed by atoms with Gasteiger partial charge in [0.15, 0.2) is 0 Å². The zero-order chi connectivity index (χ0) is 12.4. The lowest BCUT2D eigenvalue weighted by molar-refractivity contribution is -0.142. The molecule has 4 nitrogen and oxygen atoms in total. The Morgan fingerprint density at radius 3 is 2.29 bits per heavy atom. The largest absolute Gasteiger partial charge is 0.396 e. The van der Waals surface area contributed by atoms with E-state index in [0.717, 1.165) is 0 Å². The van der Waals surface area contributed by atoms with Crippen LogP contribution in [0.15, 0.2) is 12.2 Å². The van der Waals surface area contributed by atoms with Gasteiger partial charge in [-0.05, 0) is 32.6 Å². The molecule has 0 spiro atoms. The van der Waals surface area contributed by atoms with E-state index >= 15 is 0 Å². The summed E-state index contributed by atoms with van der Waals surface area (Å²) in [5.74, 6) is -0.308. The zero-order valence-corrected chi connectivity index (χ0v) is 10.1. The second-order valence-electron chi connectivity index (χ2n) is 4.92. The van der Waals surface area contributed by atoms with Gasteiger partial charge >= 0.3 is 0 Å². The Bertz CT molecular complexity index is 325. The van der Waals surface area contributed by atoms with Crippen LogP contribution in [0.3, 0.4) is 0 Å². The van der Waals surface area contributed by atoms with Crippen LogP contribution in [0.25, 0.3) is 0 Å². The molecule has 3 atom stereocenters. The van der Waals surface area contributed by atoms with Crippen LogP contribution in [0.2, 0.25) is 0 Å². The first-order valence-corrected chi connectivity index (χ1v) is 6.29. The van der Waals surface area contributed by atoms with E-state index in [1.54, 1.807) is 0 Å². The predicted octanol–water partition coefficient (Wildman–Crippen LogP) is 1.10. The van der Waals surface area contributed by atoms with E-state index in [1.165, 1.54) is 4.90 Å². The SMILES string of the molecule is CC(CCCO)N1C(=O)C2CC=CCC2C1=O. The Hall–Kier alpha value is -1.16. The molecule has 2 aliphatic rings. The summed E-state index contributed by atoms with van der Waals surface area (Å²) >= 11 is 0. The normalized spacial score (nSPS) is 29.6. The first-order valence-electron chi connectivity index (χ1n) is 6.29.